The van der Waals surface area contributed by atoms with E-state index in [4.69, 9.17) is 4.42 Å². The van der Waals surface area contributed by atoms with Crippen LogP contribution in [-0.2, 0) is 5.41 Å². The van der Waals surface area contributed by atoms with Crippen molar-refractivity contribution in [1.29, 1.82) is 0 Å². The number of rotatable bonds is 4. The lowest BCUT2D eigenvalue weighted by molar-refractivity contribution is 0.660. The number of nitrogens with zero attached hydrogens (tertiary/aromatic N) is 1. The zero-order valence-corrected chi connectivity index (χ0v) is 29.6. The fourth-order valence-electron chi connectivity index (χ4n) is 8.96. The fourth-order valence-corrected chi connectivity index (χ4v) is 8.96. The Hall–Kier alpha value is -6.64. The second kappa shape index (κ2) is 11.2. The zero-order valence-electron chi connectivity index (χ0n) is 29.6. The summed E-state index contributed by atoms with van der Waals surface area (Å²) in [5, 5.41) is 9.94. The predicted molar refractivity (Wildman–Crippen MR) is 224 cm³/mol. The highest BCUT2D eigenvalue weighted by Crippen LogP contribution is 2.51. The van der Waals surface area contributed by atoms with Gasteiger partial charge in [-0.15, -0.1) is 0 Å². The van der Waals surface area contributed by atoms with E-state index in [-0.39, 0.29) is 5.41 Å². The third-order valence-corrected chi connectivity index (χ3v) is 11.6. The smallest absolute Gasteiger partial charge is 0.135 e. The number of anilines is 3. The number of furan rings is 1. The van der Waals surface area contributed by atoms with E-state index in [0.29, 0.717) is 0 Å². The normalized spacial score (nSPS) is 13.2. The topological polar surface area (TPSA) is 16.4 Å². The monoisotopic (exact) mass is 677 g/mol. The maximum Gasteiger partial charge on any atom is 0.135 e. The molecule has 2 heteroatoms. The molecule has 0 amide bonds. The van der Waals surface area contributed by atoms with Gasteiger partial charge in [-0.25, -0.2) is 0 Å². The van der Waals surface area contributed by atoms with Crippen LogP contribution in [0, 0.1) is 0 Å². The molecule has 0 radical (unpaired) electrons. The van der Waals surface area contributed by atoms with Crippen molar-refractivity contribution in [2.75, 3.05) is 4.90 Å². The number of fused-ring (bicyclic) bond motifs is 11. The van der Waals surface area contributed by atoms with Gasteiger partial charge in [0.05, 0.1) is 0 Å². The maximum absolute atomic E-state index is 6.24. The summed E-state index contributed by atoms with van der Waals surface area (Å²) in [5.74, 6) is 0. The summed E-state index contributed by atoms with van der Waals surface area (Å²) in [6.45, 7) is 4.67. The molecule has 11 rings (SSSR count). The lowest BCUT2D eigenvalue weighted by Crippen LogP contribution is -2.15. The molecule has 0 bridgehead atoms. The second-order valence-electron chi connectivity index (χ2n) is 14.9. The third-order valence-electron chi connectivity index (χ3n) is 11.6. The molecule has 1 aliphatic carbocycles. The first kappa shape index (κ1) is 30.0. The first-order chi connectivity index (χ1) is 26.0. The van der Waals surface area contributed by atoms with Crippen molar-refractivity contribution in [2.24, 2.45) is 0 Å². The van der Waals surface area contributed by atoms with Crippen molar-refractivity contribution in [3.63, 3.8) is 0 Å². The lowest BCUT2D eigenvalue weighted by atomic mass is 9.82. The summed E-state index contributed by atoms with van der Waals surface area (Å²) in [5.41, 5.74) is 12.8. The van der Waals surface area contributed by atoms with Crippen LogP contribution in [0.3, 0.4) is 0 Å². The van der Waals surface area contributed by atoms with Crippen molar-refractivity contribution >= 4 is 71.3 Å². The molecular formula is C51H35NO. The van der Waals surface area contributed by atoms with Crippen LogP contribution in [-0.4, -0.2) is 0 Å². The van der Waals surface area contributed by atoms with Gasteiger partial charge in [-0.3, -0.25) is 0 Å². The molecule has 0 saturated heterocycles. The molecule has 0 saturated carbocycles. The van der Waals surface area contributed by atoms with Crippen LogP contribution < -0.4 is 4.90 Å². The van der Waals surface area contributed by atoms with Crippen LogP contribution in [0.4, 0.5) is 17.1 Å². The molecule has 2 nitrogen and oxygen atoms in total. The molecule has 0 spiro atoms. The Labute approximate surface area is 308 Å². The molecule has 9 aromatic carbocycles. The summed E-state index contributed by atoms with van der Waals surface area (Å²) in [6, 6.07) is 64.3. The molecule has 1 heterocycles. The number of para-hydroxylation sites is 1. The van der Waals surface area contributed by atoms with Crippen LogP contribution in [0.15, 0.2) is 180 Å². The molecule has 1 aliphatic rings. The predicted octanol–water partition coefficient (Wildman–Crippen LogP) is 14.5. The highest BCUT2D eigenvalue weighted by molar-refractivity contribution is 6.17. The van der Waals surface area contributed by atoms with Gasteiger partial charge in [-0.05, 0) is 120 Å². The van der Waals surface area contributed by atoms with Gasteiger partial charge in [0, 0.05) is 33.2 Å². The quantitative estimate of drug-likeness (QED) is 0.172. The standard InChI is InChI=1S/C51H35NO/c1-51(2)47-13-7-5-11-43(47)45-30-37(22-27-48(45)51)52(38-23-28-50-46(31-38)44-12-6-8-14-49(44)53-50)36-20-15-32(16-21-36)34-18-24-40-35(29-34)19-26-41-39-10-4-3-9-33(39)17-25-42(40)41/h3-31H,1-2H3. The molecular weight excluding hydrogens is 643 g/mol. The first-order valence-electron chi connectivity index (χ1n) is 18.4. The molecule has 250 valence electrons. The molecule has 0 aliphatic heterocycles. The average Bonchev–Trinajstić information content (AvgIpc) is 3.69. The Morgan fingerprint density at radius 1 is 0.377 bits per heavy atom. The molecule has 0 unspecified atom stereocenters. The molecule has 1 aromatic heterocycles. The highest BCUT2D eigenvalue weighted by atomic mass is 16.3. The third kappa shape index (κ3) is 4.52. The Bertz CT molecular complexity index is 3090. The molecule has 0 fully saturated rings. The summed E-state index contributed by atoms with van der Waals surface area (Å²) in [6.07, 6.45) is 0. The highest BCUT2D eigenvalue weighted by Gasteiger charge is 2.35. The average molecular weight is 678 g/mol. The van der Waals surface area contributed by atoms with Crippen molar-refractivity contribution < 1.29 is 4.42 Å². The molecule has 0 N–H and O–H groups in total. The van der Waals surface area contributed by atoms with Gasteiger partial charge in [-0.2, -0.15) is 0 Å². The van der Waals surface area contributed by atoms with Gasteiger partial charge in [-0.1, -0.05) is 135 Å². The molecule has 0 atom stereocenters. The van der Waals surface area contributed by atoms with E-state index in [1.54, 1.807) is 0 Å². The maximum atomic E-state index is 6.24. The summed E-state index contributed by atoms with van der Waals surface area (Å²) in [4.78, 5) is 2.38. The van der Waals surface area contributed by atoms with Crippen molar-refractivity contribution in [3.8, 4) is 22.3 Å². The van der Waals surface area contributed by atoms with E-state index in [0.717, 1.165) is 39.0 Å². The Morgan fingerprint density at radius 3 is 1.85 bits per heavy atom. The number of hydrogen-bond acceptors (Lipinski definition) is 2. The van der Waals surface area contributed by atoms with E-state index in [2.05, 4.69) is 183 Å². The lowest BCUT2D eigenvalue weighted by Gasteiger charge is -2.27. The van der Waals surface area contributed by atoms with E-state index in [1.807, 2.05) is 12.1 Å². The van der Waals surface area contributed by atoms with Gasteiger partial charge < -0.3 is 9.32 Å². The van der Waals surface area contributed by atoms with Crippen molar-refractivity contribution in [2.45, 2.75) is 19.3 Å². The van der Waals surface area contributed by atoms with E-state index in [9.17, 15) is 0 Å². The van der Waals surface area contributed by atoms with Gasteiger partial charge in [0.25, 0.3) is 0 Å². The number of hydrogen-bond donors (Lipinski definition) is 0. The van der Waals surface area contributed by atoms with Crippen molar-refractivity contribution in [1.82, 2.24) is 0 Å². The van der Waals surface area contributed by atoms with Gasteiger partial charge in [0.15, 0.2) is 0 Å². The van der Waals surface area contributed by atoms with E-state index >= 15 is 0 Å². The van der Waals surface area contributed by atoms with Crippen LogP contribution in [0.2, 0.25) is 0 Å². The molecule has 10 aromatic rings. The minimum atomic E-state index is -0.0501. The van der Waals surface area contributed by atoms with Gasteiger partial charge >= 0.3 is 0 Å². The minimum absolute atomic E-state index is 0.0501. The first-order valence-corrected chi connectivity index (χ1v) is 18.4. The minimum Gasteiger partial charge on any atom is -0.456 e. The second-order valence-corrected chi connectivity index (χ2v) is 14.9. The summed E-state index contributed by atoms with van der Waals surface area (Å²) < 4.78 is 6.24. The van der Waals surface area contributed by atoms with Crippen LogP contribution in [0.5, 0.6) is 0 Å². The van der Waals surface area contributed by atoms with E-state index < -0.39 is 0 Å². The zero-order chi connectivity index (χ0) is 35.3. The summed E-state index contributed by atoms with van der Waals surface area (Å²) >= 11 is 0. The van der Waals surface area contributed by atoms with Crippen molar-refractivity contribution in [3.05, 3.63) is 187 Å². The Morgan fingerprint density at radius 2 is 0.981 bits per heavy atom. The van der Waals surface area contributed by atoms with Gasteiger partial charge in [0.2, 0.25) is 0 Å². The Balaban J connectivity index is 1.04. The molecule has 53 heavy (non-hydrogen) atoms. The number of benzene rings is 9. The van der Waals surface area contributed by atoms with E-state index in [1.165, 1.54) is 65.7 Å². The van der Waals surface area contributed by atoms with Gasteiger partial charge in [0.1, 0.15) is 11.2 Å². The summed E-state index contributed by atoms with van der Waals surface area (Å²) in [7, 11) is 0. The van der Waals surface area contributed by atoms with Crippen LogP contribution >= 0.6 is 0 Å². The van der Waals surface area contributed by atoms with Crippen LogP contribution in [0.1, 0.15) is 25.0 Å². The fraction of sp³-hybridized carbons (Fsp3) is 0.0588. The Kier molecular flexibility index (Phi) is 6.33. The SMILES string of the molecule is CC1(C)c2ccccc2-c2cc(N(c3ccc(-c4ccc5c(ccc6c7ccccc7ccc56)c4)cc3)c3ccc4oc5ccccc5c4c3)ccc21. The van der Waals surface area contributed by atoms with Crippen LogP contribution in [0.25, 0.3) is 76.5 Å². The largest absolute Gasteiger partial charge is 0.456 e.